The van der Waals surface area contributed by atoms with E-state index in [1.165, 1.54) is 23.0 Å². The number of hydrogen-bond acceptors (Lipinski definition) is 5. The summed E-state index contributed by atoms with van der Waals surface area (Å²) in [5.41, 5.74) is -0.339. The number of hydrogen-bond donors (Lipinski definition) is 1. The fourth-order valence-electron chi connectivity index (χ4n) is 3.21. The lowest BCUT2D eigenvalue weighted by molar-refractivity contribution is -0.275. The van der Waals surface area contributed by atoms with E-state index in [1.54, 1.807) is 0 Å². The van der Waals surface area contributed by atoms with Crippen LogP contribution in [0.25, 0.3) is 0 Å². The zero-order valence-corrected chi connectivity index (χ0v) is 16.2. The number of aromatic nitrogens is 3. The van der Waals surface area contributed by atoms with Crippen molar-refractivity contribution in [1.82, 2.24) is 20.1 Å². The first-order chi connectivity index (χ1) is 15.2. The van der Waals surface area contributed by atoms with Crippen LogP contribution in [0.3, 0.4) is 0 Å². The third-order valence-electron chi connectivity index (χ3n) is 4.59. The van der Waals surface area contributed by atoms with E-state index in [0.717, 1.165) is 18.2 Å². The summed E-state index contributed by atoms with van der Waals surface area (Å²) in [5.74, 6) is -3.56. The van der Waals surface area contributed by atoms with E-state index in [1.807, 2.05) is 0 Å². The number of nitrogens with one attached hydrogen (secondary N) is 1. The molecule has 1 aliphatic heterocycles. The van der Waals surface area contributed by atoms with Crippen LogP contribution in [-0.4, -0.2) is 33.6 Å². The third kappa shape index (κ3) is 4.63. The van der Waals surface area contributed by atoms with Gasteiger partial charge in [-0.3, -0.25) is 9.78 Å². The normalized spacial score (nSPS) is 14.3. The zero-order valence-electron chi connectivity index (χ0n) is 16.2. The van der Waals surface area contributed by atoms with Gasteiger partial charge in [-0.15, -0.1) is 13.2 Å². The molecule has 1 atom stereocenters. The number of rotatable bonds is 5. The number of halogens is 5. The van der Waals surface area contributed by atoms with Crippen LogP contribution in [0.1, 0.15) is 34.2 Å². The first-order valence-corrected chi connectivity index (χ1v) is 9.38. The Hall–Kier alpha value is -3.70. The molecule has 3 heterocycles. The number of alkyl halides is 3. The van der Waals surface area contributed by atoms with Crippen LogP contribution in [0.15, 0.2) is 42.6 Å². The number of fused-ring (bicyclic) bond motifs is 1. The highest BCUT2D eigenvalue weighted by Gasteiger charge is 2.33. The molecule has 7 nitrogen and oxygen atoms in total. The Bertz CT molecular complexity index is 1130. The molecule has 4 rings (SSSR count). The highest BCUT2D eigenvalue weighted by molar-refractivity contribution is 5.93. The minimum atomic E-state index is -5.09. The summed E-state index contributed by atoms with van der Waals surface area (Å²) in [6.45, 7) is 1.02. The molecule has 1 aromatic carbocycles. The number of nitrogens with zero attached hydrogens (tertiary/aromatic N) is 3. The van der Waals surface area contributed by atoms with Gasteiger partial charge < -0.3 is 14.8 Å². The van der Waals surface area contributed by atoms with E-state index < -0.39 is 35.7 Å². The Labute approximate surface area is 177 Å². The number of carbonyl (C=O) groups excluding carboxylic acids is 1. The maximum absolute atomic E-state index is 14.4. The molecule has 0 aliphatic carbocycles. The molecule has 2 aromatic heterocycles. The Morgan fingerprint density at radius 2 is 2.00 bits per heavy atom. The second-order valence-electron chi connectivity index (χ2n) is 6.81. The van der Waals surface area contributed by atoms with Crippen molar-refractivity contribution in [2.75, 3.05) is 6.61 Å². The molecule has 0 bridgehead atoms. The first kappa shape index (κ1) is 21.5. The first-order valence-electron chi connectivity index (χ1n) is 9.38. The molecule has 0 saturated heterocycles. The van der Waals surface area contributed by atoms with Gasteiger partial charge in [0.05, 0.1) is 12.6 Å². The van der Waals surface area contributed by atoms with Crippen LogP contribution in [0.2, 0.25) is 0 Å². The lowest BCUT2D eigenvalue weighted by atomic mass is 10.0. The number of carbonyl (C=O) groups is 1. The Kier molecular flexibility index (Phi) is 5.68. The van der Waals surface area contributed by atoms with E-state index in [-0.39, 0.29) is 17.0 Å². The fraction of sp³-hybridized carbons (Fsp3) is 0.250. The maximum atomic E-state index is 14.4. The van der Waals surface area contributed by atoms with E-state index in [0.29, 0.717) is 31.5 Å². The number of benzene rings is 1. The topological polar surface area (TPSA) is 78.3 Å². The van der Waals surface area contributed by atoms with Crippen molar-refractivity contribution < 1.29 is 36.2 Å². The van der Waals surface area contributed by atoms with Gasteiger partial charge in [-0.2, -0.15) is 5.10 Å². The summed E-state index contributed by atoms with van der Waals surface area (Å²) in [4.78, 5) is 16.7. The maximum Gasteiger partial charge on any atom is 0.573 e. The predicted octanol–water partition coefficient (Wildman–Crippen LogP) is 3.76. The van der Waals surface area contributed by atoms with Crippen LogP contribution in [-0.2, 0) is 6.54 Å². The van der Waals surface area contributed by atoms with Gasteiger partial charge in [0.1, 0.15) is 11.5 Å². The Balaban J connectivity index is 1.67. The molecule has 0 spiro atoms. The molecule has 12 heteroatoms. The van der Waals surface area contributed by atoms with Crippen LogP contribution in [0.4, 0.5) is 22.0 Å². The summed E-state index contributed by atoms with van der Waals surface area (Å²) in [7, 11) is 0. The summed E-state index contributed by atoms with van der Waals surface area (Å²) in [6.07, 6.45) is -3.12. The molecule has 32 heavy (non-hydrogen) atoms. The van der Waals surface area contributed by atoms with Crippen LogP contribution >= 0.6 is 0 Å². The number of ether oxygens (including phenoxy) is 2. The fourth-order valence-corrected chi connectivity index (χ4v) is 3.21. The summed E-state index contributed by atoms with van der Waals surface area (Å²) >= 11 is 0. The third-order valence-corrected chi connectivity index (χ3v) is 4.59. The SMILES string of the molecule is O=C(N[C@@H](c1ccc(OC(F)(F)F)c(F)c1)c1ncccc1F)c1cc2n(n1)CCCO2. The standard InChI is InChI=1S/C20H15F5N4O3/c21-12-3-1-6-26-18(12)17(11-4-5-15(13(22)9-11)32-20(23,24)25)27-19(30)14-10-16-29(28-14)7-2-8-31-16/h1,3-6,9-10,17H,2,7-8H2,(H,27,30)/t17-/m0/s1. The minimum Gasteiger partial charge on any atom is -0.478 e. The number of pyridine rings is 1. The average molecular weight is 454 g/mol. The predicted molar refractivity (Wildman–Crippen MR) is 98.9 cm³/mol. The van der Waals surface area contributed by atoms with Crippen LogP contribution in [0, 0.1) is 11.6 Å². The summed E-state index contributed by atoms with van der Waals surface area (Å²) < 4.78 is 76.5. The van der Waals surface area contributed by atoms with Crippen molar-refractivity contribution in [1.29, 1.82) is 0 Å². The Morgan fingerprint density at radius 1 is 1.19 bits per heavy atom. The molecule has 1 amide bonds. The molecule has 0 saturated carbocycles. The van der Waals surface area contributed by atoms with Gasteiger partial charge in [-0.1, -0.05) is 6.07 Å². The molecule has 168 valence electrons. The van der Waals surface area contributed by atoms with Crippen LogP contribution in [0.5, 0.6) is 11.6 Å². The lowest BCUT2D eigenvalue weighted by Gasteiger charge is -2.20. The van der Waals surface area contributed by atoms with E-state index in [4.69, 9.17) is 4.74 Å². The molecule has 1 aliphatic rings. The van der Waals surface area contributed by atoms with Crippen molar-refractivity contribution in [3.63, 3.8) is 0 Å². The van der Waals surface area contributed by atoms with Gasteiger partial charge in [0, 0.05) is 25.2 Å². The minimum absolute atomic E-state index is 0.0271. The van der Waals surface area contributed by atoms with Crippen LogP contribution < -0.4 is 14.8 Å². The quantitative estimate of drug-likeness (QED) is 0.594. The summed E-state index contributed by atoms with van der Waals surface area (Å²) in [6, 6.07) is 5.01. The van der Waals surface area contributed by atoms with Crippen molar-refractivity contribution >= 4 is 5.91 Å². The van der Waals surface area contributed by atoms with Crippen molar-refractivity contribution in [2.45, 2.75) is 25.4 Å². The molecule has 0 unspecified atom stereocenters. The Morgan fingerprint density at radius 3 is 2.69 bits per heavy atom. The second kappa shape index (κ2) is 8.44. The van der Waals surface area contributed by atoms with Gasteiger partial charge in [0.25, 0.3) is 5.91 Å². The van der Waals surface area contributed by atoms with Gasteiger partial charge in [0.2, 0.25) is 5.88 Å². The highest BCUT2D eigenvalue weighted by atomic mass is 19.4. The molecular weight excluding hydrogens is 439 g/mol. The number of aryl methyl sites for hydroxylation is 1. The smallest absolute Gasteiger partial charge is 0.478 e. The monoisotopic (exact) mass is 454 g/mol. The molecule has 0 fully saturated rings. The van der Waals surface area contributed by atoms with Gasteiger partial charge in [-0.25, -0.2) is 13.5 Å². The second-order valence-corrected chi connectivity index (χ2v) is 6.81. The van der Waals surface area contributed by atoms with E-state index in [9.17, 15) is 26.7 Å². The molecule has 1 N–H and O–H groups in total. The molecular formula is C20H15F5N4O3. The van der Waals surface area contributed by atoms with E-state index >= 15 is 0 Å². The van der Waals surface area contributed by atoms with Gasteiger partial charge in [-0.05, 0) is 29.8 Å². The molecule has 0 radical (unpaired) electrons. The van der Waals surface area contributed by atoms with Gasteiger partial charge >= 0.3 is 6.36 Å². The largest absolute Gasteiger partial charge is 0.573 e. The zero-order chi connectivity index (χ0) is 22.9. The van der Waals surface area contributed by atoms with Crippen molar-refractivity contribution in [2.24, 2.45) is 0 Å². The number of amides is 1. The van der Waals surface area contributed by atoms with Crippen molar-refractivity contribution in [3.8, 4) is 11.6 Å². The van der Waals surface area contributed by atoms with Gasteiger partial charge in [0.15, 0.2) is 17.3 Å². The van der Waals surface area contributed by atoms with E-state index in [2.05, 4.69) is 20.1 Å². The molecule has 3 aromatic rings. The summed E-state index contributed by atoms with van der Waals surface area (Å²) in [5, 5.41) is 6.64. The lowest BCUT2D eigenvalue weighted by Crippen LogP contribution is -2.31. The van der Waals surface area contributed by atoms with Crippen molar-refractivity contribution in [3.05, 3.63) is 71.2 Å². The highest BCUT2D eigenvalue weighted by Crippen LogP contribution is 2.30. The average Bonchev–Trinajstić information content (AvgIpc) is 3.18.